The molecule has 0 aliphatic carbocycles. The largest absolute Gasteiger partial charge is 0.493 e. The predicted octanol–water partition coefficient (Wildman–Crippen LogP) is 2.86. The predicted molar refractivity (Wildman–Crippen MR) is 101 cm³/mol. The van der Waals surface area contributed by atoms with Gasteiger partial charge in [-0.25, -0.2) is 13.1 Å². The van der Waals surface area contributed by atoms with Crippen molar-refractivity contribution in [3.63, 3.8) is 0 Å². The lowest BCUT2D eigenvalue weighted by atomic mass is 9.99. The van der Waals surface area contributed by atoms with E-state index < -0.39 is 10.0 Å². The first-order valence-corrected chi connectivity index (χ1v) is 10.3. The molecule has 1 atom stereocenters. The third-order valence-electron chi connectivity index (χ3n) is 4.72. The first-order valence-electron chi connectivity index (χ1n) is 8.84. The van der Waals surface area contributed by atoms with Gasteiger partial charge in [0.05, 0.1) is 11.5 Å². The number of piperidine rings is 1. The maximum absolute atomic E-state index is 12.9. The maximum atomic E-state index is 12.9. The van der Waals surface area contributed by atoms with Crippen molar-refractivity contribution >= 4 is 20.8 Å². The highest BCUT2D eigenvalue weighted by Crippen LogP contribution is 2.31. The molecule has 5 nitrogen and oxygen atoms in total. The van der Waals surface area contributed by atoms with E-state index in [0.717, 1.165) is 31.3 Å². The summed E-state index contributed by atoms with van der Waals surface area (Å²) in [6, 6.07) is 10.9. The monoisotopic (exact) mass is 362 g/mol. The summed E-state index contributed by atoms with van der Waals surface area (Å²) in [6.07, 6.45) is 2.19. The van der Waals surface area contributed by atoms with E-state index in [1.807, 2.05) is 31.2 Å². The smallest absolute Gasteiger partial charge is 0.241 e. The molecule has 1 aliphatic heterocycles. The van der Waals surface area contributed by atoms with E-state index in [4.69, 9.17) is 4.74 Å². The van der Waals surface area contributed by atoms with E-state index in [-0.39, 0.29) is 0 Å². The first kappa shape index (κ1) is 18.2. The van der Waals surface area contributed by atoms with Crippen LogP contribution in [0.3, 0.4) is 0 Å². The molecule has 0 spiro atoms. The van der Waals surface area contributed by atoms with Crippen LogP contribution in [0.4, 0.5) is 0 Å². The fourth-order valence-electron chi connectivity index (χ4n) is 3.50. The number of ether oxygens (including phenoxy) is 1. The van der Waals surface area contributed by atoms with E-state index in [1.54, 1.807) is 12.1 Å². The Labute approximate surface area is 150 Å². The normalized spacial score (nSPS) is 19.2. The standard InChI is InChI=1S/C19H26N2O3S/c1-3-24-18-10-11-19(17-9-5-4-8-16(17)18)25(22,23)20-13-15-7-6-12-21(2)14-15/h4-5,8-11,15,20H,3,6-7,12-14H2,1-2H3. The van der Waals surface area contributed by atoms with Crippen molar-refractivity contribution in [1.29, 1.82) is 0 Å². The SMILES string of the molecule is CCOc1ccc(S(=O)(=O)NCC2CCCN(C)C2)c2ccccc12. The lowest BCUT2D eigenvalue weighted by molar-refractivity contribution is 0.211. The number of hydrogen-bond acceptors (Lipinski definition) is 4. The summed E-state index contributed by atoms with van der Waals surface area (Å²) in [6.45, 7) is 4.97. The zero-order valence-corrected chi connectivity index (χ0v) is 15.7. The number of hydrogen-bond donors (Lipinski definition) is 1. The van der Waals surface area contributed by atoms with Crippen molar-refractivity contribution in [3.8, 4) is 5.75 Å². The second kappa shape index (κ2) is 7.72. The molecule has 25 heavy (non-hydrogen) atoms. The Morgan fingerprint density at radius 2 is 1.96 bits per heavy atom. The number of nitrogens with one attached hydrogen (secondary N) is 1. The van der Waals surface area contributed by atoms with Gasteiger partial charge in [0, 0.05) is 23.9 Å². The molecule has 0 radical (unpaired) electrons. The van der Waals surface area contributed by atoms with Crippen molar-refractivity contribution in [1.82, 2.24) is 9.62 Å². The van der Waals surface area contributed by atoms with Crippen molar-refractivity contribution in [2.24, 2.45) is 5.92 Å². The molecule has 1 N–H and O–H groups in total. The highest BCUT2D eigenvalue weighted by molar-refractivity contribution is 7.89. The maximum Gasteiger partial charge on any atom is 0.241 e. The molecule has 3 rings (SSSR count). The van der Waals surface area contributed by atoms with Gasteiger partial charge in [0.25, 0.3) is 0 Å². The van der Waals surface area contributed by atoms with Crippen molar-refractivity contribution in [3.05, 3.63) is 36.4 Å². The van der Waals surface area contributed by atoms with E-state index in [9.17, 15) is 8.42 Å². The average Bonchev–Trinajstić information content (AvgIpc) is 2.60. The van der Waals surface area contributed by atoms with Gasteiger partial charge in [0.15, 0.2) is 0 Å². The number of sulfonamides is 1. The van der Waals surface area contributed by atoms with Gasteiger partial charge in [-0.15, -0.1) is 0 Å². The Balaban J connectivity index is 1.86. The molecule has 0 aromatic heterocycles. The third-order valence-corrected chi connectivity index (χ3v) is 6.20. The molecule has 0 amide bonds. The fraction of sp³-hybridized carbons (Fsp3) is 0.474. The third kappa shape index (κ3) is 4.14. The van der Waals surface area contributed by atoms with Gasteiger partial charge >= 0.3 is 0 Å². The molecule has 136 valence electrons. The summed E-state index contributed by atoms with van der Waals surface area (Å²) in [5, 5.41) is 1.52. The molecule has 2 aromatic carbocycles. The van der Waals surface area contributed by atoms with E-state index >= 15 is 0 Å². The van der Waals surface area contributed by atoms with Gasteiger partial charge in [0.1, 0.15) is 5.75 Å². The van der Waals surface area contributed by atoms with Crippen LogP contribution in [0.2, 0.25) is 0 Å². The Morgan fingerprint density at radius 1 is 1.20 bits per heavy atom. The molecule has 1 unspecified atom stereocenters. The van der Waals surface area contributed by atoms with Gasteiger partial charge in [-0.3, -0.25) is 0 Å². The lowest BCUT2D eigenvalue weighted by Crippen LogP contribution is -2.39. The average molecular weight is 362 g/mol. The van der Waals surface area contributed by atoms with Crippen LogP contribution in [0.15, 0.2) is 41.3 Å². The molecular weight excluding hydrogens is 336 g/mol. The van der Waals surface area contributed by atoms with Crippen LogP contribution in [0.25, 0.3) is 10.8 Å². The summed E-state index contributed by atoms with van der Waals surface area (Å²) in [7, 11) is -1.48. The van der Waals surface area contributed by atoms with Crippen LogP contribution in [0.1, 0.15) is 19.8 Å². The van der Waals surface area contributed by atoms with Crippen LogP contribution in [-0.2, 0) is 10.0 Å². The number of fused-ring (bicyclic) bond motifs is 1. The number of rotatable bonds is 6. The molecule has 2 aromatic rings. The van der Waals surface area contributed by atoms with Gasteiger partial charge in [-0.1, -0.05) is 24.3 Å². The molecular formula is C19H26N2O3S. The molecule has 0 saturated carbocycles. The van der Waals surface area contributed by atoms with Gasteiger partial charge in [0.2, 0.25) is 10.0 Å². The topological polar surface area (TPSA) is 58.6 Å². The molecule has 6 heteroatoms. The van der Waals surface area contributed by atoms with Crippen molar-refractivity contribution in [2.45, 2.75) is 24.7 Å². The van der Waals surface area contributed by atoms with Crippen LogP contribution in [0, 0.1) is 5.92 Å². The summed E-state index contributed by atoms with van der Waals surface area (Å²) >= 11 is 0. The molecule has 1 heterocycles. The van der Waals surface area contributed by atoms with E-state index in [2.05, 4.69) is 16.7 Å². The summed E-state index contributed by atoms with van der Waals surface area (Å²) in [5.41, 5.74) is 0. The minimum absolute atomic E-state index is 0.315. The highest BCUT2D eigenvalue weighted by Gasteiger charge is 2.22. The lowest BCUT2D eigenvalue weighted by Gasteiger charge is -2.29. The number of nitrogens with zero attached hydrogens (tertiary/aromatic N) is 1. The van der Waals surface area contributed by atoms with Crippen LogP contribution in [-0.4, -0.2) is 46.6 Å². The van der Waals surface area contributed by atoms with Crippen molar-refractivity contribution < 1.29 is 13.2 Å². The quantitative estimate of drug-likeness (QED) is 0.858. The second-order valence-corrected chi connectivity index (χ2v) is 8.40. The molecule has 1 aliphatic rings. The van der Waals surface area contributed by atoms with Crippen molar-refractivity contribution in [2.75, 3.05) is 33.3 Å². The van der Waals surface area contributed by atoms with Gasteiger partial charge in [-0.2, -0.15) is 0 Å². The van der Waals surface area contributed by atoms with Gasteiger partial charge in [-0.05, 0) is 51.4 Å². The summed E-state index contributed by atoms with van der Waals surface area (Å²) in [4.78, 5) is 2.57. The Morgan fingerprint density at radius 3 is 2.68 bits per heavy atom. The van der Waals surface area contributed by atoms with E-state index in [0.29, 0.717) is 35.1 Å². The fourth-order valence-corrected chi connectivity index (χ4v) is 4.83. The highest BCUT2D eigenvalue weighted by atomic mass is 32.2. The zero-order valence-electron chi connectivity index (χ0n) is 14.9. The Bertz CT molecular complexity index is 836. The van der Waals surface area contributed by atoms with Crippen LogP contribution in [0.5, 0.6) is 5.75 Å². The van der Waals surface area contributed by atoms with Gasteiger partial charge < -0.3 is 9.64 Å². The Kier molecular flexibility index (Phi) is 5.61. The van der Waals surface area contributed by atoms with Crippen LogP contribution < -0.4 is 9.46 Å². The first-order chi connectivity index (χ1) is 12.0. The summed E-state index contributed by atoms with van der Waals surface area (Å²) < 4.78 is 34.2. The number of likely N-dealkylation sites (tertiary alicyclic amines) is 1. The summed E-state index contributed by atoms with van der Waals surface area (Å²) in [5.74, 6) is 1.08. The minimum atomic E-state index is -3.56. The zero-order chi connectivity index (χ0) is 17.9. The second-order valence-electron chi connectivity index (χ2n) is 6.66. The van der Waals surface area contributed by atoms with E-state index in [1.165, 1.54) is 0 Å². The Hall–Kier alpha value is -1.63. The molecule has 0 bridgehead atoms. The molecule has 1 saturated heterocycles. The molecule has 1 fully saturated rings. The number of benzene rings is 2. The van der Waals surface area contributed by atoms with Crippen LogP contribution >= 0.6 is 0 Å². The minimum Gasteiger partial charge on any atom is -0.493 e.